The largest absolute Gasteiger partial charge is 0.344 e. The number of hydrogen-bond acceptors (Lipinski definition) is 1. The number of para-hydroxylation sites is 1. The fourth-order valence-electron chi connectivity index (χ4n) is 1.91. The number of benzene rings is 1. The summed E-state index contributed by atoms with van der Waals surface area (Å²) in [6, 6.07) is 8.48. The molecular formula is C16H23N. The van der Waals surface area contributed by atoms with Crippen molar-refractivity contribution >= 4 is 5.69 Å². The molecule has 0 saturated carbocycles. The molecule has 0 unspecified atom stereocenters. The fourth-order valence-corrected chi connectivity index (χ4v) is 1.91. The Hall–Kier alpha value is -1.50. The van der Waals surface area contributed by atoms with Crippen LogP contribution in [0.4, 0.5) is 5.69 Å². The maximum absolute atomic E-state index is 2.26. The van der Waals surface area contributed by atoms with Gasteiger partial charge in [0.15, 0.2) is 0 Å². The summed E-state index contributed by atoms with van der Waals surface area (Å²) in [5, 5.41) is 0. The first-order valence-corrected chi connectivity index (χ1v) is 6.21. The van der Waals surface area contributed by atoms with Gasteiger partial charge in [-0.3, -0.25) is 0 Å². The third-order valence-corrected chi connectivity index (χ3v) is 2.86. The highest BCUT2D eigenvalue weighted by atomic mass is 15.1. The third-order valence-electron chi connectivity index (χ3n) is 2.86. The van der Waals surface area contributed by atoms with E-state index in [1.54, 1.807) is 0 Å². The summed E-state index contributed by atoms with van der Waals surface area (Å²) in [5.74, 6) is 0. The first kappa shape index (κ1) is 13.6. The summed E-state index contributed by atoms with van der Waals surface area (Å²) in [5.41, 5.74) is 5.18. The minimum absolute atomic E-state index is 1.07. The van der Waals surface area contributed by atoms with Crippen molar-refractivity contribution in [3.8, 4) is 0 Å². The van der Waals surface area contributed by atoms with Gasteiger partial charge in [-0.2, -0.15) is 0 Å². The number of nitrogens with zero attached hydrogens (tertiary/aromatic N) is 1. The van der Waals surface area contributed by atoms with Crippen LogP contribution in [-0.4, -0.2) is 7.05 Å². The SMILES string of the molecule is CC/C=C\C(=C(C)C)N(C)c1ccccc1C. The molecule has 0 radical (unpaired) electrons. The van der Waals surface area contributed by atoms with E-state index in [4.69, 9.17) is 0 Å². The van der Waals surface area contributed by atoms with E-state index in [-0.39, 0.29) is 0 Å². The van der Waals surface area contributed by atoms with Crippen molar-refractivity contribution in [2.45, 2.75) is 34.1 Å². The van der Waals surface area contributed by atoms with Crippen LogP contribution in [0.3, 0.4) is 0 Å². The van der Waals surface area contributed by atoms with Gasteiger partial charge >= 0.3 is 0 Å². The topological polar surface area (TPSA) is 3.24 Å². The normalized spacial score (nSPS) is 10.6. The molecule has 0 aliphatic heterocycles. The lowest BCUT2D eigenvalue weighted by molar-refractivity contribution is 1.07. The smallest absolute Gasteiger partial charge is 0.0437 e. The molecule has 1 aromatic rings. The number of aryl methyl sites for hydroxylation is 1. The second kappa shape index (κ2) is 6.29. The number of allylic oxidation sites excluding steroid dienone is 3. The monoisotopic (exact) mass is 229 g/mol. The zero-order valence-corrected chi connectivity index (χ0v) is 11.6. The molecule has 0 bridgehead atoms. The molecule has 0 aliphatic carbocycles. The third kappa shape index (κ3) is 3.48. The van der Waals surface area contributed by atoms with Crippen molar-refractivity contribution in [2.24, 2.45) is 0 Å². The van der Waals surface area contributed by atoms with Crippen LogP contribution in [0.5, 0.6) is 0 Å². The van der Waals surface area contributed by atoms with E-state index in [2.05, 4.69) is 76.1 Å². The molecule has 1 aromatic carbocycles. The summed E-state index contributed by atoms with van der Waals surface area (Å²) >= 11 is 0. The Morgan fingerprint density at radius 1 is 1.24 bits per heavy atom. The van der Waals surface area contributed by atoms with Gasteiger partial charge < -0.3 is 4.90 Å². The van der Waals surface area contributed by atoms with Gasteiger partial charge in [-0.05, 0) is 44.9 Å². The predicted octanol–water partition coefficient (Wildman–Crippen LogP) is 4.69. The fraction of sp³-hybridized carbons (Fsp3) is 0.375. The van der Waals surface area contributed by atoms with E-state index in [0.717, 1.165) is 6.42 Å². The van der Waals surface area contributed by atoms with Crippen LogP contribution in [0.25, 0.3) is 0 Å². The molecule has 17 heavy (non-hydrogen) atoms. The van der Waals surface area contributed by atoms with E-state index in [1.165, 1.54) is 22.5 Å². The molecule has 0 heterocycles. The minimum Gasteiger partial charge on any atom is -0.344 e. The first-order chi connectivity index (χ1) is 8.07. The summed E-state index contributed by atoms with van der Waals surface area (Å²) in [7, 11) is 2.13. The predicted molar refractivity (Wildman–Crippen MR) is 77.4 cm³/mol. The van der Waals surface area contributed by atoms with Gasteiger partial charge in [0.25, 0.3) is 0 Å². The molecule has 1 nitrogen and oxygen atoms in total. The number of rotatable bonds is 4. The molecule has 1 rings (SSSR count). The summed E-state index contributed by atoms with van der Waals surface area (Å²) in [6.45, 7) is 8.62. The van der Waals surface area contributed by atoms with Gasteiger partial charge in [0, 0.05) is 18.4 Å². The van der Waals surface area contributed by atoms with Crippen LogP contribution in [0, 0.1) is 6.92 Å². The molecule has 0 amide bonds. The van der Waals surface area contributed by atoms with Crippen LogP contribution in [0.2, 0.25) is 0 Å². The quantitative estimate of drug-likeness (QED) is 0.677. The second-order valence-corrected chi connectivity index (χ2v) is 4.54. The molecule has 0 atom stereocenters. The molecule has 0 aliphatic rings. The van der Waals surface area contributed by atoms with Crippen molar-refractivity contribution in [2.75, 3.05) is 11.9 Å². The highest BCUT2D eigenvalue weighted by Gasteiger charge is 2.07. The average Bonchev–Trinajstić information content (AvgIpc) is 2.29. The van der Waals surface area contributed by atoms with Gasteiger partial charge in [0.05, 0.1) is 0 Å². The lowest BCUT2D eigenvalue weighted by Crippen LogP contribution is -2.17. The lowest BCUT2D eigenvalue weighted by atomic mass is 10.1. The minimum atomic E-state index is 1.07. The van der Waals surface area contributed by atoms with Crippen LogP contribution < -0.4 is 4.90 Å². The Morgan fingerprint density at radius 2 is 1.88 bits per heavy atom. The first-order valence-electron chi connectivity index (χ1n) is 6.21. The number of hydrogen-bond donors (Lipinski definition) is 0. The zero-order valence-electron chi connectivity index (χ0n) is 11.6. The van der Waals surface area contributed by atoms with Gasteiger partial charge in [0.1, 0.15) is 0 Å². The molecule has 0 saturated heterocycles. The molecular weight excluding hydrogens is 206 g/mol. The van der Waals surface area contributed by atoms with Gasteiger partial charge in [-0.15, -0.1) is 0 Å². The molecule has 1 heteroatoms. The van der Waals surface area contributed by atoms with E-state index in [1.807, 2.05) is 0 Å². The van der Waals surface area contributed by atoms with E-state index in [0.29, 0.717) is 0 Å². The Bertz CT molecular complexity index is 423. The summed E-state index contributed by atoms with van der Waals surface area (Å²) in [4.78, 5) is 2.26. The second-order valence-electron chi connectivity index (χ2n) is 4.54. The standard InChI is InChI=1S/C16H23N/c1-6-7-11-15(13(2)3)17(5)16-12-9-8-10-14(16)4/h7-12H,6H2,1-5H3/b11-7-. The van der Waals surface area contributed by atoms with Crippen molar-refractivity contribution in [3.05, 3.63) is 53.3 Å². The summed E-state index contributed by atoms with van der Waals surface area (Å²) in [6.07, 6.45) is 5.48. The molecule has 0 aromatic heterocycles. The number of anilines is 1. The van der Waals surface area contributed by atoms with Crippen LogP contribution >= 0.6 is 0 Å². The van der Waals surface area contributed by atoms with E-state index in [9.17, 15) is 0 Å². The average molecular weight is 229 g/mol. The van der Waals surface area contributed by atoms with Crippen molar-refractivity contribution in [3.63, 3.8) is 0 Å². The molecule has 0 spiro atoms. The van der Waals surface area contributed by atoms with Gasteiger partial charge in [0.2, 0.25) is 0 Å². The molecule has 0 N–H and O–H groups in total. The Morgan fingerprint density at radius 3 is 2.41 bits per heavy atom. The van der Waals surface area contributed by atoms with E-state index >= 15 is 0 Å². The van der Waals surface area contributed by atoms with Crippen molar-refractivity contribution < 1.29 is 0 Å². The summed E-state index contributed by atoms with van der Waals surface area (Å²) < 4.78 is 0. The van der Waals surface area contributed by atoms with Crippen LogP contribution in [-0.2, 0) is 0 Å². The molecule has 0 fully saturated rings. The zero-order chi connectivity index (χ0) is 12.8. The van der Waals surface area contributed by atoms with Crippen LogP contribution in [0.15, 0.2) is 47.7 Å². The maximum atomic E-state index is 2.26. The van der Waals surface area contributed by atoms with Crippen molar-refractivity contribution in [1.82, 2.24) is 0 Å². The van der Waals surface area contributed by atoms with Gasteiger partial charge in [-0.25, -0.2) is 0 Å². The Balaban J connectivity index is 3.10. The molecule has 92 valence electrons. The van der Waals surface area contributed by atoms with E-state index < -0.39 is 0 Å². The Labute approximate surface area is 105 Å². The maximum Gasteiger partial charge on any atom is 0.0437 e. The highest BCUT2D eigenvalue weighted by Crippen LogP contribution is 2.23. The highest BCUT2D eigenvalue weighted by molar-refractivity contribution is 5.59. The van der Waals surface area contributed by atoms with Crippen molar-refractivity contribution in [1.29, 1.82) is 0 Å². The Kier molecular flexibility index (Phi) is 5.02. The lowest BCUT2D eigenvalue weighted by Gasteiger charge is -2.24. The van der Waals surface area contributed by atoms with Gasteiger partial charge in [-0.1, -0.05) is 36.8 Å². The van der Waals surface area contributed by atoms with Crippen LogP contribution in [0.1, 0.15) is 32.8 Å². The number of likely N-dealkylation sites (N-methyl/N-ethyl adjacent to an activating group) is 1.